The molecule has 182 valence electrons. The van der Waals surface area contributed by atoms with Gasteiger partial charge in [-0.2, -0.15) is 5.21 Å². The Morgan fingerprint density at radius 1 is 0.861 bits per heavy atom. The molecular weight excluding hydrogens is 448 g/mol. The van der Waals surface area contributed by atoms with E-state index in [9.17, 15) is 4.79 Å². The normalized spacial score (nSPS) is 11.3. The van der Waals surface area contributed by atoms with Gasteiger partial charge < -0.3 is 0 Å². The zero-order valence-corrected chi connectivity index (χ0v) is 20.6. The van der Waals surface area contributed by atoms with Crippen LogP contribution in [0.5, 0.6) is 0 Å². The minimum absolute atomic E-state index is 0.0492. The van der Waals surface area contributed by atoms with E-state index in [1.54, 1.807) is 0 Å². The molecule has 36 heavy (non-hydrogen) atoms. The van der Waals surface area contributed by atoms with Crippen molar-refractivity contribution in [2.45, 2.75) is 39.8 Å². The number of nitrogens with zero attached hydrogens (tertiary/aromatic N) is 5. The summed E-state index contributed by atoms with van der Waals surface area (Å²) < 4.78 is 3.79. The standard InChI is InChI=1S/C29H30N6O/c1-21(2)18-25-20-34(17-16-22-8-4-3-5-9-22)29(36)35(25)19-23-12-14-24(15-13-23)26-10-6-7-11-27(26)28-30-32-33-31-28/h3-15,20-21H,16-19H2,1-2H3,(H,30,31,32,33). The number of imidazole rings is 1. The van der Waals surface area contributed by atoms with E-state index in [1.165, 1.54) is 5.56 Å². The van der Waals surface area contributed by atoms with Crippen molar-refractivity contribution in [2.75, 3.05) is 0 Å². The van der Waals surface area contributed by atoms with E-state index in [4.69, 9.17) is 0 Å². The number of nitrogens with one attached hydrogen (secondary N) is 1. The van der Waals surface area contributed by atoms with Crippen molar-refractivity contribution in [1.29, 1.82) is 0 Å². The molecule has 7 heteroatoms. The third-order valence-corrected chi connectivity index (χ3v) is 6.35. The first-order valence-corrected chi connectivity index (χ1v) is 12.3. The van der Waals surface area contributed by atoms with Crippen LogP contribution in [0.15, 0.2) is 89.9 Å². The van der Waals surface area contributed by atoms with Gasteiger partial charge in [0.2, 0.25) is 5.82 Å². The Labute approximate surface area is 210 Å². The topological polar surface area (TPSA) is 81.4 Å². The number of rotatable bonds is 9. The summed E-state index contributed by atoms with van der Waals surface area (Å²) in [4.78, 5) is 13.4. The highest BCUT2D eigenvalue weighted by Crippen LogP contribution is 2.29. The Morgan fingerprint density at radius 2 is 1.58 bits per heavy atom. The Balaban J connectivity index is 1.39. The van der Waals surface area contributed by atoms with E-state index in [0.29, 0.717) is 24.8 Å². The number of aromatic nitrogens is 6. The molecule has 0 unspecified atom stereocenters. The monoisotopic (exact) mass is 478 g/mol. The fourth-order valence-corrected chi connectivity index (χ4v) is 4.57. The first kappa shape index (κ1) is 23.5. The summed E-state index contributed by atoms with van der Waals surface area (Å²) in [5.41, 5.74) is 6.47. The third-order valence-electron chi connectivity index (χ3n) is 6.35. The second-order valence-electron chi connectivity index (χ2n) is 9.49. The van der Waals surface area contributed by atoms with Gasteiger partial charge in [-0.1, -0.05) is 92.7 Å². The maximum atomic E-state index is 13.4. The third kappa shape index (κ3) is 5.20. The summed E-state index contributed by atoms with van der Waals surface area (Å²) in [6.07, 6.45) is 3.74. The molecule has 0 fully saturated rings. The molecule has 2 aromatic heterocycles. The van der Waals surface area contributed by atoms with Crippen LogP contribution in [0.1, 0.15) is 30.7 Å². The molecule has 3 aromatic carbocycles. The quantitative estimate of drug-likeness (QED) is 0.324. The summed E-state index contributed by atoms with van der Waals surface area (Å²) in [7, 11) is 0. The van der Waals surface area contributed by atoms with Crippen molar-refractivity contribution < 1.29 is 0 Å². The van der Waals surface area contributed by atoms with Crippen molar-refractivity contribution in [3.05, 3.63) is 112 Å². The molecule has 0 saturated carbocycles. The van der Waals surface area contributed by atoms with E-state index in [2.05, 4.69) is 76.9 Å². The zero-order chi connectivity index (χ0) is 24.9. The SMILES string of the molecule is CC(C)Cc1cn(CCc2ccccc2)c(=O)n1Cc1ccc(-c2ccccc2-c2nn[nH]n2)cc1. The van der Waals surface area contributed by atoms with Crippen LogP contribution in [-0.4, -0.2) is 29.8 Å². The summed E-state index contributed by atoms with van der Waals surface area (Å²) in [5, 5.41) is 14.5. The second kappa shape index (κ2) is 10.6. The van der Waals surface area contributed by atoms with Gasteiger partial charge in [-0.05, 0) is 46.2 Å². The number of tetrazole rings is 1. The van der Waals surface area contributed by atoms with E-state index in [-0.39, 0.29) is 5.69 Å². The van der Waals surface area contributed by atoms with Crippen molar-refractivity contribution in [3.8, 4) is 22.5 Å². The van der Waals surface area contributed by atoms with Gasteiger partial charge >= 0.3 is 5.69 Å². The number of aryl methyl sites for hydroxylation is 2. The van der Waals surface area contributed by atoms with Crippen LogP contribution in [0.2, 0.25) is 0 Å². The Kier molecular flexibility index (Phi) is 6.89. The molecule has 0 bridgehead atoms. The molecule has 5 rings (SSSR count). The largest absolute Gasteiger partial charge is 0.328 e. The average Bonchev–Trinajstić information content (AvgIpc) is 3.53. The van der Waals surface area contributed by atoms with E-state index < -0.39 is 0 Å². The molecule has 7 nitrogen and oxygen atoms in total. The van der Waals surface area contributed by atoms with Crippen LogP contribution in [0.3, 0.4) is 0 Å². The van der Waals surface area contributed by atoms with Crippen LogP contribution < -0.4 is 5.69 Å². The first-order chi connectivity index (χ1) is 17.6. The van der Waals surface area contributed by atoms with Crippen molar-refractivity contribution in [1.82, 2.24) is 29.8 Å². The fourth-order valence-electron chi connectivity index (χ4n) is 4.57. The molecule has 1 N–H and O–H groups in total. The Morgan fingerprint density at radius 3 is 2.28 bits per heavy atom. The maximum Gasteiger partial charge on any atom is 0.328 e. The predicted octanol–water partition coefficient (Wildman–Crippen LogP) is 4.99. The highest BCUT2D eigenvalue weighted by Gasteiger charge is 2.14. The summed E-state index contributed by atoms with van der Waals surface area (Å²) in [6.45, 7) is 5.59. The highest BCUT2D eigenvalue weighted by molar-refractivity contribution is 5.80. The van der Waals surface area contributed by atoms with Crippen LogP contribution >= 0.6 is 0 Å². The molecule has 0 aliphatic rings. The zero-order valence-electron chi connectivity index (χ0n) is 20.6. The van der Waals surface area contributed by atoms with E-state index >= 15 is 0 Å². The van der Waals surface area contributed by atoms with Crippen LogP contribution in [0, 0.1) is 5.92 Å². The van der Waals surface area contributed by atoms with Gasteiger partial charge in [0.15, 0.2) is 0 Å². The molecule has 0 aliphatic carbocycles. The molecule has 2 heterocycles. The Bertz CT molecular complexity index is 1460. The minimum Gasteiger partial charge on any atom is -0.299 e. The number of H-pyrrole nitrogens is 1. The molecule has 0 radical (unpaired) electrons. The van der Waals surface area contributed by atoms with Crippen LogP contribution in [0.25, 0.3) is 22.5 Å². The van der Waals surface area contributed by atoms with Gasteiger partial charge in [0, 0.05) is 24.0 Å². The molecule has 0 aliphatic heterocycles. The van der Waals surface area contributed by atoms with Gasteiger partial charge in [-0.3, -0.25) is 9.13 Å². The molecule has 0 atom stereocenters. The van der Waals surface area contributed by atoms with Gasteiger partial charge in [0.05, 0.1) is 6.54 Å². The van der Waals surface area contributed by atoms with E-state index in [0.717, 1.165) is 40.8 Å². The first-order valence-electron chi connectivity index (χ1n) is 12.3. The highest BCUT2D eigenvalue weighted by atomic mass is 16.1. The van der Waals surface area contributed by atoms with Gasteiger partial charge in [0.25, 0.3) is 0 Å². The lowest BCUT2D eigenvalue weighted by Gasteiger charge is -2.11. The molecule has 0 saturated heterocycles. The van der Waals surface area contributed by atoms with Crippen molar-refractivity contribution in [2.24, 2.45) is 5.92 Å². The summed E-state index contributed by atoms with van der Waals surface area (Å²) >= 11 is 0. The minimum atomic E-state index is 0.0492. The molecule has 0 amide bonds. The number of aromatic amines is 1. The van der Waals surface area contributed by atoms with E-state index in [1.807, 2.05) is 51.7 Å². The molecule has 0 spiro atoms. The maximum absolute atomic E-state index is 13.4. The fraction of sp³-hybridized carbons (Fsp3) is 0.241. The van der Waals surface area contributed by atoms with Gasteiger partial charge in [-0.25, -0.2) is 4.79 Å². The second-order valence-corrected chi connectivity index (χ2v) is 9.49. The number of hydrogen-bond donors (Lipinski definition) is 1. The van der Waals surface area contributed by atoms with Gasteiger partial charge in [-0.15, -0.1) is 10.2 Å². The lowest BCUT2D eigenvalue weighted by molar-refractivity contribution is 0.592. The van der Waals surface area contributed by atoms with Crippen molar-refractivity contribution >= 4 is 0 Å². The smallest absolute Gasteiger partial charge is 0.299 e. The number of benzene rings is 3. The van der Waals surface area contributed by atoms with Crippen LogP contribution in [0.4, 0.5) is 0 Å². The lowest BCUT2D eigenvalue weighted by atomic mass is 9.98. The summed E-state index contributed by atoms with van der Waals surface area (Å²) in [5.74, 6) is 1.03. The average molecular weight is 479 g/mol. The Hall–Kier alpha value is -4.26. The number of hydrogen-bond acceptors (Lipinski definition) is 4. The molecular formula is C29H30N6O. The van der Waals surface area contributed by atoms with Crippen molar-refractivity contribution in [3.63, 3.8) is 0 Å². The lowest BCUT2D eigenvalue weighted by Crippen LogP contribution is -2.26. The molecule has 5 aromatic rings. The summed E-state index contributed by atoms with van der Waals surface area (Å²) in [6, 6.07) is 26.7. The van der Waals surface area contributed by atoms with Crippen LogP contribution in [-0.2, 0) is 25.9 Å². The van der Waals surface area contributed by atoms with Gasteiger partial charge in [0.1, 0.15) is 0 Å². The predicted molar refractivity (Wildman–Crippen MR) is 142 cm³/mol.